The number of hydrogen-bond acceptors (Lipinski definition) is 2. The van der Waals surface area contributed by atoms with Gasteiger partial charge in [0.05, 0.1) is 0 Å². The molecule has 18 heavy (non-hydrogen) atoms. The molecular weight excluding hydrogens is 244 g/mol. The number of piperidine rings is 1. The summed E-state index contributed by atoms with van der Waals surface area (Å²) in [6.45, 7) is 5.32. The lowest BCUT2D eigenvalue weighted by Crippen LogP contribution is -2.46. The number of hydrogen-bond donors (Lipinski definition) is 1. The lowest BCUT2D eigenvalue weighted by atomic mass is 9.91. The van der Waals surface area contributed by atoms with Crippen LogP contribution in [0.25, 0.3) is 0 Å². The van der Waals surface area contributed by atoms with Crippen LogP contribution < -0.4 is 5.73 Å². The molecule has 2 N–H and O–H groups in total. The fourth-order valence-electron chi connectivity index (χ4n) is 2.96. The minimum atomic E-state index is 0.317. The van der Waals surface area contributed by atoms with Crippen LogP contribution in [0.1, 0.15) is 31.7 Å². The van der Waals surface area contributed by atoms with Crippen LogP contribution >= 0.6 is 11.6 Å². The topological polar surface area (TPSA) is 29.3 Å². The molecule has 1 aliphatic rings. The average Bonchev–Trinajstić information content (AvgIpc) is 2.32. The standard InChI is InChI=1S/C15H23ClN2/c1-2-5-12-8-14(17)11-18(9-12)10-13-6-3-4-7-15(13)16/h3-4,6-7,12,14H,2,5,8-11,17H2,1H3. The number of halogens is 1. The van der Waals surface area contributed by atoms with Crippen LogP contribution in [0.15, 0.2) is 24.3 Å². The van der Waals surface area contributed by atoms with Crippen molar-refractivity contribution in [3.05, 3.63) is 34.9 Å². The van der Waals surface area contributed by atoms with Gasteiger partial charge in [-0.25, -0.2) is 0 Å². The highest BCUT2D eigenvalue weighted by molar-refractivity contribution is 6.31. The molecule has 1 aromatic rings. The Kier molecular flexibility index (Phi) is 5.04. The van der Waals surface area contributed by atoms with Crippen LogP contribution in [0.2, 0.25) is 5.02 Å². The highest BCUT2D eigenvalue weighted by Crippen LogP contribution is 2.24. The zero-order chi connectivity index (χ0) is 13.0. The first-order chi connectivity index (χ1) is 8.69. The normalized spacial score (nSPS) is 25.3. The molecule has 1 saturated heterocycles. The van der Waals surface area contributed by atoms with Gasteiger partial charge in [0.25, 0.3) is 0 Å². The van der Waals surface area contributed by atoms with Gasteiger partial charge < -0.3 is 5.73 Å². The minimum absolute atomic E-state index is 0.317. The first-order valence-corrected chi connectivity index (χ1v) is 7.28. The zero-order valence-electron chi connectivity index (χ0n) is 11.1. The highest BCUT2D eigenvalue weighted by atomic mass is 35.5. The number of likely N-dealkylation sites (tertiary alicyclic amines) is 1. The number of benzene rings is 1. The monoisotopic (exact) mass is 266 g/mol. The van der Waals surface area contributed by atoms with Gasteiger partial charge >= 0.3 is 0 Å². The summed E-state index contributed by atoms with van der Waals surface area (Å²) in [5.41, 5.74) is 7.37. The van der Waals surface area contributed by atoms with E-state index in [2.05, 4.69) is 24.0 Å². The molecule has 3 heteroatoms. The van der Waals surface area contributed by atoms with Crippen LogP contribution in [0, 0.1) is 5.92 Å². The fourth-order valence-corrected chi connectivity index (χ4v) is 3.16. The summed E-state index contributed by atoms with van der Waals surface area (Å²) in [7, 11) is 0. The number of rotatable bonds is 4. The van der Waals surface area contributed by atoms with Gasteiger partial charge in [0, 0.05) is 30.7 Å². The van der Waals surface area contributed by atoms with Gasteiger partial charge in [0.15, 0.2) is 0 Å². The molecule has 2 nitrogen and oxygen atoms in total. The first kappa shape index (κ1) is 13.9. The summed E-state index contributed by atoms with van der Waals surface area (Å²) < 4.78 is 0. The molecule has 0 spiro atoms. The van der Waals surface area contributed by atoms with E-state index in [1.54, 1.807) is 0 Å². The van der Waals surface area contributed by atoms with E-state index in [9.17, 15) is 0 Å². The third kappa shape index (κ3) is 3.71. The van der Waals surface area contributed by atoms with Crippen molar-refractivity contribution in [2.45, 2.75) is 38.8 Å². The van der Waals surface area contributed by atoms with Crippen molar-refractivity contribution in [1.82, 2.24) is 4.90 Å². The zero-order valence-corrected chi connectivity index (χ0v) is 11.9. The molecule has 1 fully saturated rings. The molecule has 2 atom stereocenters. The van der Waals surface area contributed by atoms with Crippen molar-refractivity contribution in [3.8, 4) is 0 Å². The van der Waals surface area contributed by atoms with Gasteiger partial charge in [-0.15, -0.1) is 0 Å². The lowest BCUT2D eigenvalue weighted by Gasteiger charge is -2.36. The van der Waals surface area contributed by atoms with E-state index >= 15 is 0 Å². The van der Waals surface area contributed by atoms with E-state index in [1.807, 2.05) is 12.1 Å². The van der Waals surface area contributed by atoms with E-state index < -0.39 is 0 Å². The Morgan fingerprint density at radius 2 is 2.11 bits per heavy atom. The van der Waals surface area contributed by atoms with E-state index in [4.69, 9.17) is 17.3 Å². The molecular formula is C15H23ClN2. The quantitative estimate of drug-likeness (QED) is 0.906. The highest BCUT2D eigenvalue weighted by Gasteiger charge is 2.24. The van der Waals surface area contributed by atoms with E-state index in [0.717, 1.165) is 30.6 Å². The predicted octanol–water partition coefficient (Wildman–Crippen LogP) is 3.29. The maximum Gasteiger partial charge on any atom is 0.0451 e. The summed E-state index contributed by atoms with van der Waals surface area (Å²) in [5.74, 6) is 0.751. The molecule has 0 aliphatic carbocycles. The Balaban J connectivity index is 1.98. The Morgan fingerprint density at radius 3 is 2.83 bits per heavy atom. The maximum atomic E-state index is 6.22. The molecule has 1 aromatic carbocycles. The summed E-state index contributed by atoms with van der Waals surface area (Å²) in [5, 5.41) is 0.865. The molecule has 0 amide bonds. The molecule has 2 rings (SSSR count). The average molecular weight is 267 g/mol. The molecule has 100 valence electrons. The summed E-state index contributed by atoms with van der Waals surface area (Å²) in [4.78, 5) is 2.45. The molecule has 0 radical (unpaired) electrons. The van der Waals surface area contributed by atoms with E-state index in [0.29, 0.717) is 6.04 Å². The molecule has 0 bridgehead atoms. The Labute approximate surface area is 115 Å². The Bertz CT molecular complexity index is 381. The van der Waals surface area contributed by atoms with Gasteiger partial charge in [0.1, 0.15) is 0 Å². The summed E-state index contributed by atoms with van der Waals surface area (Å²) in [6, 6.07) is 8.42. The van der Waals surface area contributed by atoms with Gasteiger partial charge in [0.2, 0.25) is 0 Å². The van der Waals surface area contributed by atoms with Crippen LogP contribution in [-0.2, 0) is 6.54 Å². The minimum Gasteiger partial charge on any atom is -0.327 e. The van der Waals surface area contributed by atoms with Crippen LogP contribution in [-0.4, -0.2) is 24.0 Å². The van der Waals surface area contributed by atoms with Crippen molar-refractivity contribution in [1.29, 1.82) is 0 Å². The largest absolute Gasteiger partial charge is 0.327 e. The van der Waals surface area contributed by atoms with Crippen molar-refractivity contribution in [2.75, 3.05) is 13.1 Å². The van der Waals surface area contributed by atoms with Crippen molar-refractivity contribution in [2.24, 2.45) is 11.7 Å². The fraction of sp³-hybridized carbons (Fsp3) is 0.600. The lowest BCUT2D eigenvalue weighted by molar-refractivity contribution is 0.144. The Hall–Kier alpha value is -0.570. The second-order valence-electron chi connectivity index (χ2n) is 5.44. The van der Waals surface area contributed by atoms with Crippen molar-refractivity contribution in [3.63, 3.8) is 0 Å². The third-order valence-corrected chi connectivity index (χ3v) is 4.06. The van der Waals surface area contributed by atoms with E-state index in [-0.39, 0.29) is 0 Å². The third-order valence-electron chi connectivity index (χ3n) is 3.69. The molecule has 1 aliphatic heterocycles. The van der Waals surface area contributed by atoms with Gasteiger partial charge in [-0.1, -0.05) is 43.1 Å². The summed E-state index contributed by atoms with van der Waals surface area (Å²) in [6.07, 6.45) is 3.71. The molecule has 1 heterocycles. The Morgan fingerprint density at radius 1 is 1.33 bits per heavy atom. The van der Waals surface area contributed by atoms with Crippen LogP contribution in [0.5, 0.6) is 0 Å². The number of nitrogens with zero attached hydrogens (tertiary/aromatic N) is 1. The predicted molar refractivity (Wildman–Crippen MR) is 77.7 cm³/mol. The maximum absolute atomic E-state index is 6.22. The van der Waals surface area contributed by atoms with E-state index in [1.165, 1.54) is 24.8 Å². The van der Waals surface area contributed by atoms with Crippen LogP contribution in [0.4, 0.5) is 0 Å². The van der Waals surface area contributed by atoms with Crippen molar-refractivity contribution >= 4 is 11.6 Å². The van der Waals surface area contributed by atoms with Gasteiger partial charge in [-0.3, -0.25) is 4.90 Å². The molecule has 0 aromatic heterocycles. The number of nitrogens with two attached hydrogens (primary N) is 1. The second-order valence-corrected chi connectivity index (χ2v) is 5.84. The molecule has 2 unspecified atom stereocenters. The molecule has 0 saturated carbocycles. The second kappa shape index (κ2) is 6.55. The van der Waals surface area contributed by atoms with Crippen molar-refractivity contribution < 1.29 is 0 Å². The smallest absolute Gasteiger partial charge is 0.0451 e. The van der Waals surface area contributed by atoms with Gasteiger partial charge in [-0.05, 0) is 30.4 Å². The first-order valence-electron chi connectivity index (χ1n) is 6.90. The van der Waals surface area contributed by atoms with Gasteiger partial charge in [-0.2, -0.15) is 0 Å². The summed E-state index contributed by atoms with van der Waals surface area (Å²) >= 11 is 6.22. The van der Waals surface area contributed by atoms with Crippen LogP contribution in [0.3, 0.4) is 0 Å². The SMILES string of the molecule is CCCC1CC(N)CN(Cc2ccccc2Cl)C1.